The topological polar surface area (TPSA) is 93.2 Å². The fourth-order valence-electron chi connectivity index (χ4n) is 2.70. The number of methoxy groups -OCH3 is 1. The Morgan fingerprint density at radius 3 is 2.34 bits per heavy atom. The predicted molar refractivity (Wildman–Crippen MR) is 111 cm³/mol. The Balaban J connectivity index is 1.47. The van der Waals surface area contributed by atoms with Crippen LogP contribution in [0.3, 0.4) is 0 Å². The number of esters is 1. The molecule has 7 heteroatoms. The number of hydrogen-bond acceptors (Lipinski definition) is 6. The van der Waals surface area contributed by atoms with E-state index in [-0.39, 0.29) is 11.6 Å². The van der Waals surface area contributed by atoms with Gasteiger partial charge < -0.3 is 15.4 Å². The lowest BCUT2D eigenvalue weighted by molar-refractivity contribution is 0.0600. The second-order valence-corrected chi connectivity index (χ2v) is 6.34. The van der Waals surface area contributed by atoms with E-state index in [2.05, 4.69) is 37.7 Å². The quantitative estimate of drug-likeness (QED) is 0.451. The highest BCUT2D eigenvalue weighted by Crippen LogP contribution is 2.12. The third-order valence-corrected chi connectivity index (χ3v) is 4.25. The van der Waals surface area contributed by atoms with Crippen LogP contribution in [0.1, 0.15) is 32.8 Å². The lowest BCUT2D eigenvalue weighted by Gasteiger charge is -2.07. The van der Waals surface area contributed by atoms with Crippen molar-refractivity contribution in [3.63, 3.8) is 0 Å². The van der Waals surface area contributed by atoms with E-state index in [4.69, 9.17) is 0 Å². The SMILES string of the molecule is COC(=O)c1ccc(NC(=O)c2ccc(NCCCc3ccccc3)nn2)cc1. The Labute approximate surface area is 169 Å². The zero-order chi connectivity index (χ0) is 20.5. The molecule has 2 N–H and O–H groups in total. The highest BCUT2D eigenvalue weighted by Gasteiger charge is 2.10. The molecule has 0 aliphatic rings. The maximum Gasteiger partial charge on any atom is 0.337 e. The second kappa shape index (κ2) is 9.98. The number of benzene rings is 2. The van der Waals surface area contributed by atoms with E-state index in [1.165, 1.54) is 12.7 Å². The second-order valence-electron chi connectivity index (χ2n) is 6.34. The van der Waals surface area contributed by atoms with Crippen molar-refractivity contribution in [2.75, 3.05) is 24.3 Å². The summed E-state index contributed by atoms with van der Waals surface area (Å²) < 4.78 is 4.64. The van der Waals surface area contributed by atoms with Crippen LogP contribution >= 0.6 is 0 Å². The van der Waals surface area contributed by atoms with Crippen LogP contribution in [-0.4, -0.2) is 35.7 Å². The van der Waals surface area contributed by atoms with Crippen molar-refractivity contribution in [1.29, 1.82) is 0 Å². The molecule has 1 aromatic heterocycles. The lowest BCUT2D eigenvalue weighted by Crippen LogP contribution is -2.15. The first-order chi connectivity index (χ1) is 14.2. The molecule has 0 spiro atoms. The third kappa shape index (κ3) is 5.87. The zero-order valence-electron chi connectivity index (χ0n) is 16.1. The number of aryl methyl sites for hydroxylation is 1. The van der Waals surface area contributed by atoms with Gasteiger partial charge in [-0.25, -0.2) is 4.79 Å². The molecule has 0 unspecified atom stereocenters. The summed E-state index contributed by atoms with van der Waals surface area (Å²) in [5, 5.41) is 13.9. The number of aromatic nitrogens is 2. The van der Waals surface area contributed by atoms with Crippen molar-refractivity contribution in [2.45, 2.75) is 12.8 Å². The molecular weight excluding hydrogens is 368 g/mol. The Bertz CT molecular complexity index is 942. The Kier molecular flexibility index (Phi) is 6.89. The van der Waals surface area contributed by atoms with E-state index in [0.717, 1.165) is 19.4 Å². The van der Waals surface area contributed by atoms with E-state index in [1.54, 1.807) is 36.4 Å². The smallest absolute Gasteiger partial charge is 0.337 e. The molecule has 148 valence electrons. The van der Waals surface area contributed by atoms with Crippen molar-refractivity contribution in [3.05, 3.63) is 83.6 Å². The molecule has 29 heavy (non-hydrogen) atoms. The normalized spacial score (nSPS) is 10.2. The summed E-state index contributed by atoms with van der Waals surface area (Å²) in [6.45, 7) is 0.766. The zero-order valence-corrected chi connectivity index (χ0v) is 16.1. The number of carbonyl (C=O) groups is 2. The van der Waals surface area contributed by atoms with E-state index in [1.807, 2.05) is 18.2 Å². The number of rotatable bonds is 8. The van der Waals surface area contributed by atoms with Crippen LogP contribution < -0.4 is 10.6 Å². The molecular formula is C22H22N4O3. The van der Waals surface area contributed by atoms with E-state index < -0.39 is 5.97 Å². The number of nitrogens with one attached hydrogen (secondary N) is 2. The summed E-state index contributed by atoms with van der Waals surface area (Å²) in [5.41, 5.74) is 2.46. The monoisotopic (exact) mass is 390 g/mol. The molecule has 3 rings (SSSR count). The minimum Gasteiger partial charge on any atom is -0.465 e. The van der Waals surface area contributed by atoms with Gasteiger partial charge in [-0.05, 0) is 54.8 Å². The van der Waals surface area contributed by atoms with Gasteiger partial charge in [0.15, 0.2) is 5.69 Å². The minimum absolute atomic E-state index is 0.205. The standard InChI is InChI=1S/C22H22N4O3/c1-29-22(28)17-9-11-18(12-10-17)24-21(27)19-13-14-20(26-25-19)23-15-5-8-16-6-3-2-4-7-16/h2-4,6-7,9-14H,5,8,15H2,1H3,(H,23,26)(H,24,27). The van der Waals surface area contributed by atoms with Gasteiger partial charge >= 0.3 is 5.97 Å². The molecule has 0 saturated carbocycles. The highest BCUT2D eigenvalue weighted by atomic mass is 16.5. The van der Waals surface area contributed by atoms with Crippen LogP contribution in [0.5, 0.6) is 0 Å². The first-order valence-electron chi connectivity index (χ1n) is 9.27. The van der Waals surface area contributed by atoms with Gasteiger partial charge in [0.1, 0.15) is 5.82 Å². The molecule has 2 aromatic carbocycles. The summed E-state index contributed by atoms with van der Waals surface area (Å²) in [5.74, 6) is -0.184. The maximum absolute atomic E-state index is 12.3. The van der Waals surface area contributed by atoms with Crippen LogP contribution in [0.4, 0.5) is 11.5 Å². The molecule has 1 heterocycles. The van der Waals surface area contributed by atoms with Crippen LogP contribution in [-0.2, 0) is 11.2 Å². The summed E-state index contributed by atoms with van der Waals surface area (Å²) in [7, 11) is 1.32. The van der Waals surface area contributed by atoms with E-state index in [9.17, 15) is 9.59 Å². The largest absolute Gasteiger partial charge is 0.465 e. The number of nitrogens with zero attached hydrogens (tertiary/aromatic N) is 2. The van der Waals surface area contributed by atoms with Crippen molar-refractivity contribution >= 4 is 23.4 Å². The highest BCUT2D eigenvalue weighted by molar-refractivity contribution is 6.03. The van der Waals surface area contributed by atoms with Gasteiger partial charge in [-0.15, -0.1) is 10.2 Å². The number of anilines is 2. The van der Waals surface area contributed by atoms with Gasteiger partial charge in [0.2, 0.25) is 0 Å². The molecule has 0 aliphatic heterocycles. The molecule has 0 aliphatic carbocycles. The number of hydrogen-bond donors (Lipinski definition) is 2. The van der Waals surface area contributed by atoms with Gasteiger partial charge in [-0.1, -0.05) is 30.3 Å². The lowest BCUT2D eigenvalue weighted by atomic mass is 10.1. The number of carbonyl (C=O) groups excluding carboxylic acids is 2. The van der Waals surface area contributed by atoms with Crippen LogP contribution in [0, 0.1) is 0 Å². The van der Waals surface area contributed by atoms with Gasteiger partial charge in [0, 0.05) is 12.2 Å². The van der Waals surface area contributed by atoms with E-state index >= 15 is 0 Å². The van der Waals surface area contributed by atoms with Crippen molar-refractivity contribution in [2.24, 2.45) is 0 Å². The number of amides is 1. The Morgan fingerprint density at radius 1 is 0.931 bits per heavy atom. The Hall–Kier alpha value is -3.74. The van der Waals surface area contributed by atoms with Gasteiger partial charge in [-0.2, -0.15) is 0 Å². The van der Waals surface area contributed by atoms with Gasteiger partial charge in [0.25, 0.3) is 5.91 Å². The van der Waals surface area contributed by atoms with Crippen LogP contribution in [0.2, 0.25) is 0 Å². The predicted octanol–water partition coefficient (Wildman–Crippen LogP) is 3.56. The fourth-order valence-corrected chi connectivity index (χ4v) is 2.70. The first-order valence-corrected chi connectivity index (χ1v) is 9.27. The summed E-state index contributed by atoms with van der Waals surface area (Å²) in [6, 6.07) is 20.0. The van der Waals surface area contributed by atoms with Crippen molar-refractivity contribution < 1.29 is 14.3 Å². The molecule has 0 radical (unpaired) electrons. The summed E-state index contributed by atoms with van der Waals surface area (Å²) in [4.78, 5) is 23.7. The minimum atomic E-state index is -0.430. The van der Waals surface area contributed by atoms with Crippen molar-refractivity contribution in [3.8, 4) is 0 Å². The number of ether oxygens (including phenoxy) is 1. The summed E-state index contributed by atoms with van der Waals surface area (Å²) >= 11 is 0. The van der Waals surface area contributed by atoms with Crippen LogP contribution in [0.25, 0.3) is 0 Å². The third-order valence-electron chi connectivity index (χ3n) is 4.25. The molecule has 3 aromatic rings. The summed E-state index contributed by atoms with van der Waals surface area (Å²) in [6.07, 6.45) is 1.95. The maximum atomic E-state index is 12.3. The van der Waals surface area contributed by atoms with Crippen LogP contribution in [0.15, 0.2) is 66.7 Å². The molecule has 0 fully saturated rings. The van der Waals surface area contributed by atoms with Crippen molar-refractivity contribution in [1.82, 2.24) is 10.2 Å². The molecule has 0 bridgehead atoms. The Morgan fingerprint density at radius 2 is 1.69 bits per heavy atom. The molecule has 0 saturated heterocycles. The molecule has 1 amide bonds. The first kappa shape index (κ1) is 20.0. The van der Waals surface area contributed by atoms with Gasteiger partial charge in [-0.3, -0.25) is 4.79 Å². The molecule has 0 atom stereocenters. The molecule has 7 nitrogen and oxygen atoms in total. The van der Waals surface area contributed by atoms with Gasteiger partial charge in [0.05, 0.1) is 12.7 Å². The average Bonchev–Trinajstić information content (AvgIpc) is 2.78. The average molecular weight is 390 g/mol. The fraction of sp³-hybridized carbons (Fsp3) is 0.182. The van der Waals surface area contributed by atoms with E-state index in [0.29, 0.717) is 17.1 Å².